The summed E-state index contributed by atoms with van der Waals surface area (Å²) in [6.07, 6.45) is 0.520. The van der Waals surface area contributed by atoms with E-state index in [1.165, 1.54) is 4.68 Å². The highest BCUT2D eigenvalue weighted by Crippen LogP contribution is 2.24. The number of hydrogen-bond acceptors (Lipinski definition) is 3. The highest BCUT2D eigenvalue weighted by Gasteiger charge is 2.31. The van der Waals surface area contributed by atoms with Crippen LogP contribution in [0.25, 0.3) is 0 Å². The summed E-state index contributed by atoms with van der Waals surface area (Å²) in [6, 6.07) is 1.33. The Morgan fingerprint density at radius 1 is 1.41 bits per heavy atom. The molecule has 1 aromatic heterocycles. The Kier molecular flexibility index (Phi) is 2.72. The van der Waals surface area contributed by atoms with Gasteiger partial charge in [0.2, 0.25) is 0 Å². The lowest BCUT2D eigenvalue weighted by molar-refractivity contribution is 0.465. The van der Waals surface area contributed by atoms with E-state index in [2.05, 4.69) is 5.10 Å². The number of nitrogens with zero attached hydrogens (tertiary/aromatic N) is 1. The molecule has 0 bridgehead atoms. The van der Waals surface area contributed by atoms with E-state index in [1.807, 2.05) is 20.8 Å². The molecule has 17 heavy (non-hydrogen) atoms. The minimum Gasteiger partial charge on any atom is -0.299 e. The van der Waals surface area contributed by atoms with E-state index in [1.54, 1.807) is 6.07 Å². The van der Waals surface area contributed by atoms with Gasteiger partial charge < -0.3 is 0 Å². The van der Waals surface area contributed by atoms with Gasteiger partial charge in [0.05, 0.1) is 17.5 Å². The van der Waals surface area contributed by atoms with Gasteiger partial charge in [0.25, 0.3) is 5.56 Å². The third-order valence-electron chi connectivity index (χ3n) is 3.13. The lowest BCUT2D eigenvalue weighted by Gasteiger charge is -2.16. The fourth-order valence-corrected chi connectivity index (χ4v) is 3.74. The molecule has 1 atom stereocenters. The van der Waals surface area contributed by atoms with Gasteiger partial charge in [0.15, 0.2) is 9.84 Å². The first kappa shape index (κ1) is 12.4. The van der Waals surface area contributed by atoms with Gasteiger partial charge in [0.1, 0.15) is 0 Å². The molecule has 96 valence electrons. The third kappa shape index (κ3) is 2.46. The SMILES string of the molecule is CC(C)(C)c1cc(=O)n(C2CCS(=O)(=O)C2)[nH]1. The zero-order valence-electron chi connectivity index (χ0n) is 10.4. The van der Waals surface area contributed by atoms with Crippen LogP contribution < -0.4 is 5.56 Å². The molecule has 5 nitrogen and oxygen atoms in total. The van der Waals surface area contributed by atoms with Crippen LogP contribution in [-0.4, -0.2) is 29.7 Å². The van der Waals surface area contributed by atoms with Crippen LogP contribution in [0, 0.1) is 0 Å². The number of nitrogens with one attached hydrogen (secondary N) is 1. The van der Waals surface area contributed by atoms with Crippen LogP contribution in [0.4, 0.5) is 0 Å². The molecule has 0 aromatic carbocycles. The second kappa shape index (κ2) is 3.73. The Hall–Kier alpha value is -1.04. The monoisotopic (exact) mass is 258 g/mol. The summed E-state index contributed by atoms with van der Waals surface area (Å²) in [5.74, 6) is 0.241. The van der Waals surface area contributed by atoms with Gasteiger partial charge in [-0.1, -0.05) is 20.8 Å². The maximum Gasteiger partial charge on any atom is 0.267 e. The Labute approximate surface area is 101 Å². The zero-order chi connectivity index (χ0) is 12.8. The van der Waals surface area contributed by atoms with E-state index >= 15 is 0 Å². The second-order valence-electron chi connectivity index (χ2n) is 5.68. The lowest BCUT2D eigenvalue weighted by atomic mass is 9.93. The molecule has 0 amide bonds. The van der Waals surface area contributed by atoms with Crippen molar-refractivity contribution in [3.8, 4) is 0 Å². The smallest absolute Gasteiger partial charge is 0.267 e. The number of aromatic nitrogens is 2. The molecule has 1 unspecified atom stereocenters. The van der Waals surface area contributed by atoms with Crippen molar-refractivity contribution >= 4 is 9.84 Å². The van der Waals surface area contributed by atoms with Crippen molar-refractivity contribution in [2.24, 2.45) is 0 Å². The minimum atomic E-state index is -2.97. The highest BCUT2D eigenvalue weighted by atomic mass is 32.2. The van der Waals surface area contributed by atoms with Crippen molar-refractivity contribution in [1.82, 2.24) is 9.78 Å². The molecule has 1 fully saturated rings. The molecule has 6 heteroatoms. The molecule has 1 aliphatic rings. The molecule has 0 spiro atoms. The molecule has 2 rings (SSSR count). The summed E-state index contributed by atoms with van der Waals surface area (Å²) in [5.41, 5.74) is 0.561. The van der Waals surface area contributed by atoms with Crippen molar-refractivity contribution in [1.29, 1.82) is 0 Å². The highest BCUT2D eigenvalue weighted by molar-refractivity contribution is 7.91. The molecule has 0 aliphatic carbocycles. The fourth-order valence-electron chi connectivity index (χ4n) is 2.04. The van der Waals surface area contributed by atoms with Gasteiger partial charge in [-0.3, -0.25) is 9.89 Å². The van der Waals surface area contributed by atoms with Crippen LogP contribution >= 0.6 is 0 Å². The van der Waals surface area contributed by atoms with Crippen LogP contribution in [0.2, 0.25) is 0 Å². The van der Waals surface area contributed by atoms with Gasteiger partial charge in [-0.05, 0) is 6.42 Å². The van der Waals surface area contributed by atoms with E-state index in [0.717, 1.165) is 5.69 Å². The Morgan fingerprint density at radius 3 is 2.47 bits per heavy atom. The minimum absolute atomic E-state index is 0.0665. The van der Waals surface area contributed by atoms with Gasteiger partial charge >= 0.3 is 0 Å². The van der Waals surface area contributed by atoms with Crippen LogP contribution in [0.1, 0.15) is 38.9 Å². The Bertz CT molecular complexity index is 575. The van der Waals surface area contributed by atoms with Gasteiger partial charge in [0, 0.05) is 17.2 Å². The van der Waals surface area contributed by atoms with Crippen LogP contribution in [0.5, 0.6) is 0 Å². The first-order valence-corrected chi connectivity index (χ1v) is 7.54. The molecule has 1 aromatic rings. The molecule has 1 N–H and O–H groups in total. The summed E-state index contributed by atoms with van der Waals surface area (Å²) in [7, 11) is -2.97. The largest absolute Gasteiger partial charge is 0.299 e. The lowest BCUT2D eigenvalue weighted by Crippen LogP contribution is -2.23. The number of H-pyrrole nitrogens is 1. The van der Waals surface area contributed by atoms with Crippen molar-refractivity contribution in [3.63, 3.8) is 0 Å². The number of sulfone groups is 1. The van der Waals surface area contributed by atoms with Crippen molar-refractivity contribution < 1.29 is 8.42 Å². The summed E-state index contributed by atoms with van der Waals surface area (Å²) < 4.78 is 24.3. The van der Waals surface area contributed by atoms with Crippen molar-refractivity contribution in [2.45, 2.75) is 38.6 Å². The number of rotatable bonds is 1. The van der Waals surface area contributed by atoms with E-state index in [9.17, 15) is 13.2 Å². The van der Waals surface area contributed by atoms with E-state index in [4.69, 9.17) is 0 Å². The number of aromatic amines is 1. The van der Waals surface area contributed by atoms with Crippen LogP contribution in [-0.2, 0) is 15.3 Å². The maximum atomic E-state index is 11.8. The molecule has 1 aliphatic heterocycles. The van der Waals surface area contributed by atoms with E-state index in [0.29, 0.717) is 6.42 Å². The van der Waals surface area contributed by atoms with Gasteiger partial charge in [-0.15, -0.1) is 0 Å². The van der Waals surface area contributed by atoms with Gasteiger partial charge in [-0.25, -0.2) is 13.1 Å². The van der Waals surface area contributed by atoms with Crippen LogP contribution in [0.15, 0.2) is 10.9 Å². The molecule has 2 heterocycles. The van der Waals surface area contributed by atoms with E-state index < -0.39 is 9.84 Å². The first-order chi connectivity index (χ1) is 7.69. The molecule has 1 saturated heterocycles. The topological polar surface area (TPSA) is 71.9 Å². The average Bonchev–Trinajstić information content (AvgIpc) is 2.68. The van der Waals surface area contributed by atoms with Crippen molar-refractivity contribution in [2.75, 3.05) is 11.5 Å². The van der Waals surface area contributed by atoms with Crippen molar-refractivity contribution in [3.05, 3.63) is 22.1 Å². The zero-order valence-corrected chi connectivity index (χ0v) is 11.2. The first-order valence-electron chi connectivity index (χ1n) is 5.71. The second-order valence-corrected chi connectivity index (χ2v) is 7.91. The number of hydrogen-bond donors (Lipinski definition) is 1. The third-order valence-corrected chi connectivity index (χ3v) is 4.88. The van der Waals surface area contributed by atoms with E-state index in [-0.39, 0.29) is 28.5 Å². The predicted molar refractivity (Wildman–Crippen MR) is 66.1 cm³/mol. The summed E-state index contributed by atoms with van der Waals surface area (Å²) in [5, 5.41) is 3.04. The maximum absolute atomic E-state index is 11.8. The Morgan fingerprint density at radius 2 is 2.06 bits per heavy atom. The quantitative estimate of drug-likeness (QED) is 0.811. The summed E-state index contributed by atoms with van der Waals surface area (Å²) >= 11 is 0. The summed E-state index contributed by atoms with van der Waals surface area (Å²) in [6.45, 7) is 6.02. The molecular weight excluding hydrogens is 240 g/mol. The molecule has 0 radical (unpaired) electrons. The Balaban J connectivity index is 2.36. The normalized spacial score (nSPS) is 24.1. The fraction of sp³-hybridized carbons (Fsp3) is 0.727. The summed E-state index contributed by atoms with van der Waals surface area (Å²) in [4.78, 5) is 11.8. The standard InChI is InChI=1S/C11H18N2O3S/c1-11(2,3)9-6-10(14)13(12-9)8-4-5-17(15,16)7-8/h6,8,12H,4-5,7H2,1-3H3. The molecular formula is C11H18N2O3S. The average molecular weight is 258 g/mol. The molecule has 0 saturated carbocycles. The van der Waals surface area contributed by atoms with Crippen LogP contribution in [0.3, 0.4) is 0 Å². The predicted octanol–water partition coefficient (Wildman–Crippen LogP) is 0.834. The van der Waals surface area contributed by atoms with Gasteiger partial charge in [-0.2, -0.15) is 0 Å².